The number of benzene rings is 1. The van der Waals surface area contributed by atoms with Crippen LogP contribution in [0.25, 0.3) is 10.4 Å². The highest BCUT2D eigenvalue weighted by molar-refractivity contribution is 7.20. The molecule has 25 heavy (non-hydrogen) atoms. The lowest BCUT2D eigenvalue weighted by molar-refractivity contribution is 0.0931. The summed E-state index contributed by atoms with van der Waals surface area (Å²) < 4.78 is 0. The van der Waals surface area contributed by atoms with Gasteiger partial charge in [0.25, 0.3) is 5.91 Å². The summed E-state index contributed by atoms with van der Waals surface area (Å²) in [5, 5.41) is 18.8. The minimum absolute atomic E-state index is 0.110. The Kier molecular flexibility index (Phi) is 5.20. The first-order valence-electron chi connectivity index (χ1n) is 8.04. The third-order valence-electron chi connectivity index (χ3n) is 4.02. The number of phenolic OH excluding ortho intramolecular Hbond substituents is 1. The maximum atomic E-state index is 12.7. The Bertz CT molecular complexity index is 784. The summed E-state index contributed by atoms with van der Waals surface area (Å²) in [7, 11) is 0. The van der Waals surface area contributed by atoms with Gasteiger partial charge in [0.1, 0.15) is 10.8 Å². The van der Waals surface area contributed by atoms with Gasteiger partial charge in [0.15, 0.2) is 0 Å². The SMILES string of the molecule is NC(=O)Nc1sc(-c2cccc(O)c2)cc1C(=O)NC1CCNCC1. The monoisotopic (exact) mass is 360 g/mol. The average molecular weight is 360 g/mol. The van der Waals surface area contributed by atoms with Crippen molar-refractivity contribution in [1.82, 2.24) is 10.6 Å². The zero-order valence-corrected chi connectivity index (χ0v) is 14.4. The van der Waals surface area contributed by atoms with Gasteiger partial charge in [-0.05, 0) is 49.7 Å². The number of carbonyl (C=O) groups excluding carboxylic acids is 2. The Hall–Kier alpha value is -2.58. The van der Waals surface area contributed by atoms with Crippen molar-refractivity contribution in [3.8, 4) is 16.2 Å². The molecule has 1 aromatic heterocycles. The zero-order chi connectivity index (χ0) is 17.8. The lowest BCUT2D eigenvalue weighted by Crippen LogP contribution is -2.42. The molecule has 6 N–H and O–H groups in total. The van der Waals surface area contributed by atoms with Gasteiger partial charge in [-0.1, -0.05) is 12.1 Å². The minimum atomic E-state index is -0.722. The molecule has 0 radical (unpaired) electrons. The van der Waals surface area contributed by atoms with Crippen LogP contribution >= 0.6 is 11.3 Å². The van der Waals surface area contributed by atoms with Crippen LogP contribution in [0.3, 0.4) is 0 Å². The molecule has 0 aliphatic carbocycles. The molecule has 0 spiro atoms. The lowest BCUT2D eigenvalue weighted by atomic mass is 10.1. The molecule has 2 aromatic rings. The van der Waals surface area contributed by atoms with Gasteiger partial charge in [0, 0.05) is 10.9 Å². The molecule has 1 fully saturated rings. The van der Waals surface area contributed by atoms with Crippen LogP contribution < -0.4 is 21.7 Å². The van der Waals surface area contributed by atoms with E-state index in [1.54, 1.807) is 24.3 Å². The quantitative estimate of drug-likeness (QED) is 0.574. The van der Waals surface area contributed by atoms with E-state index in [0.29, 0.717) is 10.6 Å². The third kappa shape index (κ3) is 4.28. The number of phenols is 1. The normalized spacial score (nSPS) is 14.9. The standard InChI is InChI=1S/C17H20N4O3S/c18-17(24)21-16-13(15(23)20-11-4-6-19-7-5-11)9-14(25-16)10-2-1-3-12(22)8-10/h1-3,8-9,11,19,22H,4-7H2,(H,20,23)(H3,18,21,24). The van der Waals surface area contributed by atoms with E-state index in [9.17, 15) is 14.7 Å². The molecule has 3 rings (SSSR count). The molecule has 3 amide bonds. The van der Waals surface area contributed by atoms with Crippen LogP contribution in [0.1, 0.15) is 23.2 Å². The Morgan fingerprint density at radius 1 is 1.24 bits per heavy atom. The molecule has 8 heteroatoms. The van der Waals surface area contributed by atoms with E-state index in [4.69, 9.17) is 5.73 Å². The van der Waals surface area contributed by atoms with Gasteiger partial charge in [-0.3, -0.25) is 10.1 Å². The first kappa shape index (κ1) is 17.2. The van der Waals surface area contributed by atoms with Crippen molar-refractivity contribution in [2.45, 2.75) is 18.9 Å². The van der Waals surface area contributed by atoms with Crippen molar-refractivity contribution in [2.75, 3.05) is 18.4 Å². The fourth-order valence-electron chi connectivity index (χ4n) is 2.80. The van der Waals surface area contributed by atoms with Crippen LogP contribution in [0.15, 0.2) is 30.3 Å². The number of aromatic hydroxyl groups is 1. The number of thiophene rings is 1. The summed E-state index contributed by atoms with van der Waals surface area (Å²) in [5.41, 5.74) is 6.36. The number of amides is 3. The number of anilines is 1. The fraction of sp³-hybridized carbons (Fsp3) is 0.294. The molecule has 0 bridgehead atoms. The van der Waals surface area contributed by atoms with Crippen molar-refractivity contribution >= 4 is 28.3 Å². The van der Waals surface area contributed by atoms with Crippen LogP contribution in [0.4, 0.5) is 9.80 Å². The summed E-state index contributed by atoms with van der Waals surface area (Å²) in [4.78, 5) is 24.7. The molecule has 7 nitrogen and oxygen atoms in total. The highest BCUT2D eigenvalue weighted by Crippen LogP contribution is 2.36. The number of rotatable bonds is 4. The van der Waals surface area contributed by atoms with E-state index in [1.807, 2.05) is 6.07 Å². The highest BCUT2D eigenvalue weighted by Gasteiger charge is 2.22. The van der Waals surface area contributed by atoms with Crippen LogP contribution in [0.2, 0.25) is 0 Å². The van der Waals surface area contributed by atoms with Gasteiger partial charge in [0.05, 0.1) is 5.56 Å². The third-order valence-corrected chi connectivity index (χ3v) is 5.12. The van der Waals surface area contributed by atoms with Gasteiger partial charge in [-0.15, -0.1) is 11.3 Å². The number of urea groups is 1. The minimum Gasteiger partial charge on any atom is -0.508 e. The molecule has 0 atom stereocenters. The van der Waals surface area contributed by atoms with Crippen LogP contribution in [-0.2, 0) is 0 Å². The number of nitrogens with one attached hydrogen (secondary N) is 3. The van der Waals surface area contributed by atoms with E-state index >= 15 is 0 Å². The van der Waals surface area contributed by atoms with Gasteiger partial charge < -0.3 is 21.5 Å². The number of nitrogens with two attached hydrogens (primary N) is 1. The van der Waals surface area contributed by atoms with Gasteiger partial charge >= 0.3 is 6.03 Å². The van der Waals surface area contributed by atoms with Gasteiger partial charge in [0.2, 0.25) is 0 Å². The molecular weight excluding hydrogens is 340 g/mol. The lowest BCUT2D eigenvalue weighted by Gasteiger charge is -2.23. The zero-order valence-electron chi connectivity index (χ0n) is 13.5. The molecule has 1 aliphatic rings. The molecule has 0 saturated carbocycles. The summed E-state index contributed by atoms with van der Waals surface area (Å²) in [5.74, 6) is -0.102. The van der Waals surface area contributed by atoms with Gasteiger partial charge in [-0.2, -0.15) is 0 Å². The van der Waals surface area contributed by atoms with E-state index in [1.165, 1.54) is 11.3 Å². The Balaban J connectivity index is 1.87. The molecule has 1 saturated heterocycles. The van der Waals surface area contributed by atoms with Crippen LogP contribution in [0, 0.1) is 0 Å². The molecule has 1 aliphatic heterocycles. The number of hydrogen-bond donors (Lipinski definition) is 5. The second-order valence-corrected chi connectivity index (χ2v) is 6.94. The predicted molar refractivity (Wildman–Crippen MR) is 98.0 cm³/mol. The predicted octanol–water partition coefficient (Wildman–Crippen LogP) is 2.09. The number of piperidine rings is 1. The molecule has 132 valence electrons. The largest absolute Gasteiger partial charge is 0.508 e. The van der Waals surface area contributed by atoms with Gasteiger partial charge in [-0.25, -0.2) is 4.79 Å². The fourth-order valence-corrected chi connectivity index (χ4v) is 3.85. The Labute approximate surface area is 149 Å². The van der Waals surface area contributed by atoms with E-state index in [0.717, 1.165) is 36.4 Å². The van der Waals surface area contributed by atoms with E-state index in [2.05, 4.69) is 16.0 Å². The van der Waals surface area contributed by atoms with Crippen molar-refractivity contribution in [2.24, 2.45) is 5.73 Å². The van der Waals surface area contributed by atoms with Crippen molar-refractivity contribution < 1.29 is 14.7 Å². The summed E-state index contributed by atoms with van der Waals surface area (Å²) in [6.07, 6.45) is 1.74. The topological polar surface area (TPSA) is 116 Å². The summed E-state index contributed by atoms with van der Waals surface area (Å²) in [6, 6.07) is 7.83. The Morgan fingerprint density at radius 2 is 2.00 bits per heavy atom. The van der Waals surface area contributed by atoms with Crippen LogP contribution in [-0.4, -0.2) is 36.2 Å². The second-order valence-electron chi connectivity index (χ2n) is 5.89. The van der Waals surface area contributed by atoms with Crippen LogP contribution in [0.5, 0.6) is 5.75 Å². The number of carbonyl (C=O) groups is 2. The molecule has 1 aromatic carbocycles. The van der Waals surface area contributed by atoms with E-state index in [-0.39, 0.29) is 17.7 Å². The average Bonchev–Trinajstić information content (AvgIpc) is 2.99. The maximum absolute atomic E-state index is 12.7. The highest BCUT2D eigenvalue weighted by atomic mass is 32.1. The number of primary amides is 1. The summed E-state index contributed by atoms with van der Waals surface area (Å²) >= 11 is 1.24. The first-order valence-corrected chi connectivity index (χ1v) is 8.86. The first-order chi connectivity index (χ1) is 12.0. The smallest absolute Gasteiger partial charge is 0.317 e. The second kappa shape index (κ2) is 7.54. The molecule has 2 heterocycles. The summed E-state index contributed by atoms with van der Waals surface area (Å²) in [6.45, 7) is 1.74. The maximum Gasteiger partial charge on any atom is 0.317 e. The van der Waals surface area contributed by atoms with E-state index < -0.39 is 6.03 Å². The Morgan fingerprint density at radius 3 is 2.68 bits per heavy atom. The number of hydrogen-bond acceptors (Lipinski definition) is 5. The van der Waals surface area contributed by atoms with Crippen molar-refractivity contribution in [3.63, 3.8) is 0 Å². The molecule has 0 unspecified atom stereocenters. The molecular formula is C17H20N4O3S. The van der Waals surface area contributed by atoms with Crippen molar-refractivity contribution in [1.29, 1.82) is 0 Å². The van der Waals surface area contributed by atoms with Crippen molar-refractivity contribution in [3.05, 3.63) is 35.9 Å².